The highest BCUT2D eigenvalue weighted by molar-refractivity contribution is 5.64. The van der Waals surface area contributed by atoms with Gasteiger partial charge in [0, 0.05) is 32.1 Å². The fraction of sp³-hybridized carbons (Fsp3) is 0.455. The van der Waals surface area contributed by atoms with E-state index in [-0.39, 0.29) is 29.1 Å². The van der Waals surface area contributed by atoms with Crippen molar-refractivity contribution < 1.29 is 38.6 Å². The number of hydrogen-bond donors (Lipinski definition) is 2. The van der Waals surface area contributed by atoms with Gasteiger partial charge >= 0.3 is 0 Å². The molecule has 0 bridgehead atoms. The zero-order chi connectivity index (χ0) is 22.0. The molecule has 1 aliphatic carbocycles. The molecule has 30 heavy (non-hydrogen) atoms. The van der Waals surface area contributed by atoms with Crippen molar-refractivity contribution in [3.63, 3.8) is 0 Å². The number of methoxy groups -OCH3 is 6. The Morgan fingerprint density at radius 3 is 1.77 bits per heavy atom. The first-order valence-electron chi connectivity index (χ1n) is 9.42. The maximum atomic E-state index is 10.7. The van der Waals surface area contributed by atoms with E-state index < -0.39 is 12.0 Å². The second kappa shape index (κ2) is 8.89. The second-order valence-corrected chi connectivity index (χ2v) is 6.96. The monoisotopic (exact) mass is 420 g/mol. The highest BCUT2D eigenvalue weighted by atomic mass is 16.5. The Morgan fingerprint density at radius 2 is 1.30 bits per heavy atom. The van der Waals surface area contributed by atoms with Gasteiger partial charge in [-0.3, -0.25) is 0 Å². The summed E-state index contributed by atoms with van der Waals surface area (Å²) < 4.78 is 33.2. The highest BCUT2D eigenvalue weighted by Crippen LogP contribution is 2.52. The van der Waals surface area contributed by atoms with E-state index in [1.165, 1.54) is 28.4 Å². The molecule has 0 heterocycles. The number of ether oxygens (including phenoxy) is 6. The fourth-order valence-corrected chi connectivity index (χ4v) is 4.23. The van der Waals surface area contributed by atoms with Gasteiger partial charge in [0.25, 0.3) is 0 Å². The van der Waals surface area contributed by atoms with Crippen molar-refractivity contribution in [2.24, 2.45) is 0 Å². The first kappa shape index (κ1) is 21.9. The quantitative estimate of drug-likeness (QED) is 0.706. The van der Waals surface area contributed by atoms with Crippen LogP contribution in [0, 0.1) is 0 Å². The zero-order valence-electron chi connectivity index (χ0n) is 18.0. The fourth-order valence-electron chi connectivity index (χ4n) is 4.23. The minimum absolute atomic E-state index is 0.0906. The molecular formula is C22H28O8. The van der Waals surface area contributed by atoms with E-state index in [0.717, 1.165) is 16.7 Å². The molecule has 1 aliphatic rings. The van der Waals surface area contributed by atoms with E-state index in [2.05, 4.69) is 0 Å². The molecule has 3 atom stereocenters. The Balaban J connectivity index is 2.34. The molecule has 0 aromatic heterocycles. The molecule has 164 valence electrons. The summed E-state index contributed by atoms with van der Waals surface area (Å²) in [6, 6.07) is 5.22. The van der Waals surface area contributed by atoms with Crippen LogP contribution in [0.5, 0.6) is 34.5 Å². The molecule has 0 saturated carbocycles. The SMILES string of the molecule is COc1cc(C2c3c(cc(OC)c(O)c3OC)CC(OC)C2OC)cc(OC)c1O. The predicted octanol–water partition coefficient (Wildman–Crippen LogP) is 2.85. The van der Waals surface area contributed by atoms with Gasteiger partial charge < -0.3 is 38.6 Å². The largest absolute Gasteiger partial charge is 0.502 e. The number of fused-ring (bicyclic) bond motifs is 1. The normalized spacial score (nSPS) is 20.4. The molecule has 0 fully saturated rings. The maximum absolute atomic E-state index is 10.7. The molecule has 2 aromatic carbocycles. The van der Waals surface area contributed by atoms with E-state index in [1.807, 2.05) is 0 Å². The summed E-state index contributed by atoms with van der Waals surface area (Å²) in [5.41, 5.74) is 2.41. The Hall–Kier alpha value is -2.84. The standard InChI is InChI=1S/C22H28O8/c1-25-13-7-11(8-14(26-2)19(13)23)17-18-12(10-16(28-4)21(17)29-5)9-15(27-3)20(24)22(18)30-6/h7-9,16-17,21,23-24H,10H2,1-6H3. The van der Waals surface area contributed by atoms with Crippen LogP contribution in [0.4, 0.5) is 0 Å². The van der Waals surface area contributed by atoms with Crippen LogP contribution in [0.25, 0.3) is 0 Å². The van der Waals surface area contributed by atoms with E-state index in [4.69, 9.17) is 28.4 Å². The molecule has 0 aliphatic heterocycles. The van der Waals surface area contributed by atoms with Gasteiger partial charge in [-0.2, -0.15) is 0 Å². The number of benzene rings is 2. The smallest absolute Gasteiger partial charge is 0.201 e. The van der Waals surface area contributed by atoms with Crippen molar-refractivity contribution >= 4 is 0 Å². The van der Waals surface area contributed by atoms with Crippen LogP contribution in [-0.4, -0.2) is 65.1 Å². The lowest BCUT2D eigenvalue weighted by Crippen LogP contribution is -2.42. The first-order chi connectivity index (χ1) is 14.4. The first-order valence-corrected chi connectivity index (χ1v) is 9.42. The summed E-state index contributed by atoms with van der Waals surface area (Å²) in [5, 5.41) is 21.1. The van der Waals surface area contributed by atoms with E-state index in [0.29, 0.717) is 17.9 Å². The average Bonchev–Trinajstić information content (AvgIpc) is 2.77. The van der Waals surface area contributed by atoms with Crippen LogP contribution in [0.2, 0.25) is 0 Å². The lowest BCUT2D eigenvalue weighted by atomic mass is 9.74. The summed E-state index contributed by atoms with van der Waals surface area (Å²) in [7, 11) is 9.16. The van der Waals surface area contributed by atoms with Crippen molar-refractivity contribution in [2.45, 2.75) is 24.5 Å². The molecule has 3 rings (SSSR count). The van der Waals surface area contributed by atoms with Gasteiger partial charge in [0.1, 0.15) is 0 Å². The van der Waals surface area contributed by atoms with Gasteiger partial charge in [0.2, 0.25) is 11.5 Å². The highest BCUT2D eigenvalue weighted by Gasteiger charge is 2.42. The molecule has 0 amide bonds. The van der Waals surface area contributed by atoms with Crippen molar-refractivity contribution in [1.82, 2.24) is 0 Å². The molecule has 3 unspecified atom stereocenters. The molecule has 0 spiro atoms. The van der Waals surface area contributed by atoms with Gasteiger partial charge in [0.05, 0.1) is 40.6 Å². The minimum atomic E-state index is -0.404. The summed E-state index contributed by atoms with van der Waals surface area (Å²) in [6.45, 7) is 0. The Bertz CT molecular complexity index is 885. The minimum Gasteiger partial charge on any atom is -0.502 e. The lowest BCUT2D eigenvalue weighted by Gasteiger charge is -2.39. The number of phenolic OH excluding ortho intramolecular Hbond substituents is 2. The second-order valence-electron chi connectivity index (χ2n) is 6.96. The van der Waals surface area contributed by atoms with Crippen LogP contribution in [0.15, 0.2) is 18.2 Å². The van der Waals surface area contributed by atoms with Gasteiger partial charge in [-0.25, -0.2) is 0 Å². The Kier molecular flexibility index (Phi) is 6.48. The number of hydrogen-bond acceptors (Lipinski definition) is 8. The molecular weight excluding hydrogens is 392 g/mol. The van der Waals surface area contributed by atoms with Crippen LogP contribution in [-0.2, 0) is 15.9 Å². The summed E-state index contributed by atoms with van der Waals surface area (Å²) in [6.07, 6.45) is -0.124. The molecule has 0 radical (unpaired) electrons. The van der Waals surface area contributed by atoms with Crippen molar-refractivity contribution in [3.8, 4) is 34.5 Å². The zero-order valence-corrected chi connectivity index (χ0v) is 18.0. The summed E-state index contributed by atoms with van der Waals surface area (Å²) in [5.74, 6) is 0.550. The van der Waals surface area contributed by atoms with Crippen molar-refractivity contribution in [2.75, 3.05) is 42.7 Å². The lowest BCUT2D eigenvalue weighted by molar-refractivity contribution is -0.0490. The topological polar surface area (TPSA) is 95.8 Å². The van der Waals surface area contributed by atoms with Crippen LogP contribution >= 0.6 is 0 Å². The van der Waals surface area contributed by atoms with Crippen molar-refractivity contribution in [3.05, 3.63) is 34.9 Å². The third kappa shape index (κ3) is 3.46. The van der Waals surface area contributed by atoms with Gasteiger partial charge in [-0.1, -0.05) is 0 Å². The van der Waals surface area contributed by atoms with E-state index in [9.17, 15) is 10.2 Å². The average molecular weight is 420 g/mol. The molecule has 2 N–H and O–H groups in total. The summed E-state index contributed by atoms with van der Waals surface area (Å²) in [4.78, 5) is 0. The number of rotatable bonds is 7. The Morgan fingerprint density at radius 1 is 0.733 bits per heavy atom. The van der Waals surface area contributed by atoms with Gasteiger partial charge in [-0.05, 0) is 29.3 Å². The Labute approximate surface area is 175 Å². The van der Waals surface area contributed by atoms with Gasteiger partial charge in [0.15, 0.2) is 23.0 Å². The van der Waals surface area contributed by atoms with Gasteiger partial charge in [-0.15, -0.1) is 0 Å². The number of aromatic hydroxyl groups is 2. The summed E-state index contributed by atoms with van der Waals surface area (Å²) >= 11 is 0. The third-order valence-corrected chi connectivity index (χ3v) is 5.63. The van der Waals surface area contributed by atoms with Crippen LogP contribution in [0.3, 0.4) is 0 Å². The maximum Gasteiger partial charge on any atom is 0.201 e. The van der Waals surface area contributed by atoms with Crippen LogP contribution in [0.1, 0.15) is 22.6 Å². The van der Waals surface area contributed by atoms with E-state index >= 15 is 0 Å². The molecule has 8 nitrogen and oxygen atoms in total. The molecule has 0 saturated heterocycles. The van der Waals surface area contributed by atoms with E-state index in [1.54, 1.807) is 32.4 Å². The van der Waals surface area contributed by atoms with Crippen LogP contribution < -0.4 is 18.9 Å². The molecule has 8 heteroatoms. The molecule has 2 aromatic rings. The van der Waals surface area contributed by atoms with Crippen molar-refractivity contribution in [1.29, 1.82) is 0 Å². The third-order valence-electron chi connectivity index (χ3n) is 5.63. The predicted molar refractivity (Wildman–Crippen MR) is 110 cm³/mol. The number of phenols is 2.